The lowest BCUT2D eigenvalue weighted by Crippen LogP contribution is -2.43. The van der Waals surface area contributed by atoms with Crippen LogP contribution in [0.2, 0.25) is 0 Å². The molecule has 1 amide bonds. The molecule has 1 aromatic carbocycles. The fourth-order valence-electron chi connectivity index (χ4n) is 3.72. The average molecular weight is 420 g/mol. The van der Waals surface area contributed by atoms with Crippen molar-refractivity contribution in [1.82, 2.24) is 10.2 Å². The van der Waals surface area contributed by atoms with E-state index in [2.05, 4.69) is 5.32 Å². The number of ether oxygens (including phenoxy) is 2. The van der Waals surface area contributed by atoms with Crippen LogP contribution in [-0.4, -0.2) is 50.1 Å². The summed E-state index contributed by atoms with van der Waals surface area (Å²) in [4.78, 5) is 14.6. The molecule has 156 valence electrons. The van der Waals surface area contributed by atoms with E-state index in [9.17, 15) is 13.2 Å². The standard InChI is InChI=1S/C20H24N2O6S/c1-14(15-4-5-18-19(9-15)28-13-27-18)21-20(23)11-22(10-17-3-2-7-26-17)16-6-8-29(24,25)12-16/h2-5,7,9,14,16H,6,8,10-13H2,1H3,(H,21,23). The van der Waals surface area contributed by atoms with E-state index >= 15 is 0 Å². The number of benzene rings is 1. The molecule has 1 fully saturated rings. The molecule has 1 aromatic heterocycles. The number of carbonyl (C=O) groups is 1. The van der Waals surface area contributed by atoms with Gasteiger partial charge in [0.25, 0.3) is 0 Å². The van der Waals surface area contributed by atoms with E-state index in [-0.39, 0.29) is 42.8 Å². The molecule has 1 N–H and O–H groups in total. The third kappa shape index (κ3) is 4.73. The maximum absolute atomic E-state index is 12.7. The topological polar surface area (TPSA) is 98.1 Å². The second kappa shape index (κ2) is 8.08. The lowest BCUT2D eigenvalue weighted by molar-refractivity contribution is -0.123. The van der Waals surface area contributed by atoms with E-state index in [0.29, 0.717) is 30.2 Å². The quantitative estimate of drug-likeness (QED) is 0.730. The number of hydrogen-bond donors (Lipinski definition) is 1. The molecule has 0 spiro atoms. The second-order valence-electron chi connectivity index (χ2n) is 7.44. The number of amides is 1. The van der Waals surface area contributed by atoms with Crippen LogP contribution in [0, 0.1) is 0 Å². The summed E-state index contributed by atoms with van der Waals surface area (Å²) in [5, 5.41) is 2.98. The Balaban J connectivity index is 1.41. The van der Waals surface area contributed by atoms with E-state index in [1.54, 1.807) is 12.3 Å². The van der Waals surface area contributed by atoms with Crippen molar-refractivity contribution in [2.24, 2.45) is 0 Å². The molecule has 3 heterocycles. The molecule has 0 aliphatic carbocycles. The first kappa shape index (κ1) is 19.8. The van der Waals surface area contributed by atoms with Gasteiger partial charge in [-0.1, -0.05) is 6.07 Å². The number of nitrogens with zero attached hydrogens (tertiary/aromatic N) is 1. The number of rotatable bonds is 7. The van der Waals surface area contributed by atoms with Crippen molar-refractivity contribution in [1.29, 1.82) is 0 Å². The van der Waals surface area contributed by atoms with E-state index < -0.39 is 9.84 Å². The summed E-state index contributed by atoms with van der Waals surface area (Å²) in [6.07, 6.45) is 2.09. The molecule has 2 aromatic rings. The summed E-state index contributed by atoms with van der Waals surface area (Å²) >= 11 is 0. The van der Waals surface area contributed by atoms with Crippen molar-refractivity contribution in [2.45, 2.75) is 32.0 Å². The smallest absolute Gasteiger partial charge is 0.234 e. The largest absolute Gasteiger partial charge is 0.468 e. The molecule has 8 nitrogen and oxygen atoms in total. The number of furan rings is 1. The lowest BCUT2D eigenvalue weighted by Gasteiger charge is -2.27. The van der Waals surface area contributed by atoms with Gasteiger partial charge in [-0.15, -0.1) is 0 Å². The monoisotopic (exact) mass is 420 g/mol. The zero-order chi connectivity index (χ0) is 20.4. The summed E-state index contributed by atoms with van der Waals surface area (Å²) in [6.45, 7) is 2.58. The van der Waals surface area contributed by atoms with Crippen LogP contribution in [0.3, 0.4) is 0 Å². The zero-order valence-electron chi connectivity index (χ0n) is 16.2. The SMILES string of the molecule is CC(NC(=O)CN(Cc1ccco1)C1CCS(=O)(=O)C1)c1ccc2c(c1)OCO2. The van der Waals surface area contributed by atoms with Gasteiger partial charge in [0.15, 0.2) is 21.3 Å². The predicted octanol–water partition coefficient (Wildman–Crippen LogP) is 1.87. The average Bonchev–Trinajstić information content (AvgIpc) is 3.41. The lowest BCUT2D eigenvalue weighted by atomic mass is 10.1. The summed E-state index contributed by atoms with van der Waals surface area (Å²) in [6, 6.07) is 8.75. The van der Waals surface area contributed by atoms with Crippen molar-refractivity contribution in [3.8, 4) is 11.5 Å². The van der Waals surface area contributed by atoms with Gasteiger partial charge in [-0.05, 0) is 43.2 Å². The highest BCUT2D eigenvalue weighted by Crippen LogP contribution is 2.34. The highest BCUT2D eigenvalue weighted by Gasteiger charge is 2.33. The van der Waals surface area contributed by atoms with E-state index in [1.807, 2.05) is 36.1 Å². The van der Waals surface area contributed by atoms with Gasteiger partial charge in [0.05, 0.1) is 36.9 Å². The first-order chi connectivity index (χ1) is 13.9. The molecule has 1 saturated heterocycles. The van der Waals surface area contributed by atoms with Gasteiger partial charge in [-0.3, -0.25) is 9.69 Å². The molecule has 0 radical (unpaired) electrons. The molecule has 29 heavy (non-hydrogen) atoms. The normalized spacial score (nSPS) is 20.7. The van der Waals surface area contributed by atoms with Crippen LogP contribution in [0.5, 0.6) is 11.5 Å². The third-order valence-electron chi connectivity index (χ3n) is 5.28. The van der Waals surface area contributed by atoms with Crippen molar-refractivity contribution in [2.75, 3.05) is 24.8 Å². The Bertz CT molecular complexity index is 973. The Morgan fingerprint density at radius 1 is 1.28 bits per heavy atom. The van der Waals surface area contributed by atoms with Gasteiger partial charge in [-0.25, -0.2) is 8.42 Å². The van der Waals surface area contributed by atoms with Crippen LogP contribution in [0.4, 0.5) is 0 Å². The zero-order valence-corrected chi connectivity index (χ0v) is 17.0. The van der Waals surface area contributed by atoms with Crippen molar-refractivity contribution < 1.29 is 27.1 Å². The molecule has 2 aliphatic heterocycles. The van der Waals surface area contributed by atoms with Crippen LogP contribution in [0.15, 0.2) is 41.0 Å². The van der Waals surface area contributed by atoms with Crippen LogP contribution in [0.1, 0.15) is 30.7 Å². The van der Waals surface area contributed by atoms with E-state index in [1.165, 1.54) is 0 Å². The number of sulfone groups is 1. The fraction of sp³-hybridized carbons (Fsp3) is 0.450. The number of carbonyl (C=O) groups excluding carboxylic acids is 1. The van der Waals surface area contributed by atoms with Crippen molar-refractivity contribution in [3.05, 3.63) is 47.9 Å². The first-order valence-corrected chi connectivity index (χ1v) is 11.4. The summed E-state index contributed by atoms with van der Waals surface area (Å²) in [7, 11) is -3.06. The Morgan fingerprint density at radius 2 is 2.10 bits per heavy atom. The minimum Gasteiger partial charge on any atom is -0.468 e. The molecule has 4 rings (SSSR count). The highest BCUT2D eigenvalue weighted by atomic mass is 32.2. The van der Waals surface area contributed by atoms with Gasteiger partial charge in [0.1, 0.15) is 5.76 Å². The van der Waals surface area contributed by atoms with Gasteiger partial charge >= 0.3 is 0 Å². The van der Waals surface area contributed by atoms with Gasteiger partial charge in [-0.2, -0.15) is 0 Å². The van der Waals surface area contributed by atoms with Crippen LogP contribution >= 0.6 is 0 Å². The molecular formula is C20H24N2O6S. The van der Waals surface area contributed by atoms with Crippen LogP contribution < -0.4 is 14.8 Å². The summed E-state index contributed by atoms with van der Waals surface area (Å²) < 4.78 is 39.9. The number of hydrogen-bond acceptors (Lipinski definition) is 7. The highest BCUT2D eigenvalue weighted by molar-refractivity contribution is 7.91. The maximum Gasteiger partial charge on any atom is 0.234 e. The molecule has 0 saturated carbocycles. The van der Waals surface area contributed by atoms with Gasteiger partial charge in [0, 0.05) is 6.04 Å². The van der Waals surface area contributed by atoms with Gasteiger partial charge < -0.3 is 19.2 Å². The van der Waals surface area contributed by atoms with Crippen molar-refractivity contribution in [3.63, 3.8) is 0 Å². The van der Waals surface area contributed by atoms with Crippen LogP contribution in [-0.2, 0) is 21.2 Å². The number of nitrogens with one attached hydrogen (secondary N) is 1. The fourth-order valence-corrected chi connectivity index (χ4v) is 5.48. The minimum absolute atomic E-state index is 0.0682. The van der Waals surface area contributed by atoms with Gasteiger partial charge in [0.2, 0.25) is 12.7 Å². The second-order valence-corrected chi connectivity index (χ2v) is 9.67. The maximum atomic E-state index is 12.7. The Labute approximate surface area is 169 Å². The summed E-state index contributed by atoms with van der Waals surface area (Å²) in [5.41, 5.74) is 0.906. The Hall–Kier alpha value is -2.52. The minimum atomic E-state index is -3.06. The molecule has 2 unspecified atom stereocenters. The summed E-state index contributed by atoms with van der Waals surface area (Å²) in [5.74, 6) is 2.11. The molecule has 9 heteroatoms. The van der Waals surface area contributed by atoms with E-state index in [4.69, 9.17) is 13.9 Å². The van der Waals surface area contributed by atoms with E-state index in [0.717, 1.165) is 5.56 Å². The molecule has 2 aliphatic rings. The molecular weight excluding hydrogens is 396 g/mol. The Morgan fingerprint density at radius 3 is 2.83 bits per heavy atom. The molecule has 0 bridgehead atoms. The van der Waals surface area contributed by atoms with Crippen molar-refractivity contribution >= 4 is 15.7 Å². The predicted molar refractivity (Wildman–Crippen MR) is 105 cm³/mol. The first-order valence-electron chi connectivity index (χ1n) is 9.55. The number of fused-ring (bicyclic) bond motifs is 1. The third-order valence-corrected chi connectivity index (χ3v) is 7.03. The van der Waals surface area contributed by atoms with Crippen LogP contribution in [0.25, 0.3) is 0 Å². The molecule has 2 atom stereocenters. The Kier molecular flexibility index (Phi) is 5.51.